The summed E-state index contributed by atoms with van der Waals surface area (Å²) in [6.45, 7) is 0. The number of aromatic nitrogens is 2. The molecule has 2 heterocycles. The van der Waals surface area contributed by atoms with Gasteiger partial charge in [-0.1, -0.05) is 17.8 Å². The van der Waals surface area contributed by atoms with Crippen molar-refractivity contribution >= 4 is 34.9 Å². The molecule has 0 unspecified atom stereocenters. The molecule has 100 valence electrons. The molecule has 0 atom stereocenters. The number of nitrogens with two attached hydrogens (primary N) is 1. The summed E-state index contributed by atoms with van der Waals surface area (Å²) in [5.74, 6) is 0.325. The first-order valence-corrected chi connectivity index (χ1v) is 7.39. The highest BCUT2D eigenvalue weighted by Crippen LogP contribution is 2.20. The van der Waals surface area contributed by atoms with Crippen molar-refractivity contribution in [3.8, 4) is 0 Å². The van der Waals surface area contributed by atoms with Crippen LogP contribution in [0.2, 0.25) is 0 Å². The smallest absolute Gasteiger partial charge is 0.316 e. The van der Waals surface area contributed by atoms with Crippen LogP contribution in [0.3, 0.4) is 0 Å². The van der Waals surface area contributed by atoms with Gasteiger partial charge in [-0.25, -0.2) is 9.97 Å². The minimum atomic E-state index is -0.310. The number of ether oxygens (including phenoxy) is 1. The Labute approximate surface area is 119 Å². The molecule has 5 nitrogen and oxygen atoms in total. The Hall–Kier alpha value is -1.60. The van der Waals surface area contributed by atoms with Crippen LogP contribution in [0.25, 0.3) is 0 Å². The molecule has 0 saturated carbocycles. The van der Waals surface area contributed by atoms with Gasteiger partial charge in [-0.05, 0) is 11.4 Å². The van der Waals surface area contributed by atoms with Crippen molar-refractivity contribution in [1.29, 1.82) is 0 Å². The largest absolute Gasteiger partial charge is 0.468 e. The van der Waals surface area contributed by atoms with Crippen LogP contribution >= 0.6 is 23.1 Å². The number of methoxy groups -OCH3 is 1. The molecule has 7 heteroatoms. The third kappa shape index (κ3) is 3.93. The number of rotatable bonds is 5. The fourth-order valence-corrected chi connectivity index (χ4v) is 2.77. The Morgan fingerprint density at radius 3 is 3.05 bits per heavy atom. The maximum Gasteiger partial charge on any atom is 0.316 e. The first-order valence-electron chi connectivity index (χ1n) is 5.52. The van der Waals surface area contributed by atoms with E-state index in [0.717, 1.165) is 12.0 Å². The third-order valence-corrected chi connectivity index (χ3v) is 4.08. The summed E-state index contributed by atoms with van der Waals surface area (Å²) in [5, 5.41) is 2.50. The van der Waals surface area contributed by atoms with E-state index in [4.69, 9.17) is 5.73 Å². The SMILES string of the molecule is COC(=O)CSc1ncc(Cc2cccs2)c(N)n1. The molecular formula is C12H13N3O2S2. The normalized spacial score (nSPS) is 10.4. The fourth-order valence-electron chi connectivity index (χ4n) is 1.39. The van der Waals surface area contributed by atoms with Gasteiger partial charge in [0.1, 0.15) is 5.82 Å². The zero-order chi connectivity index (χ0) is 13.7. The van der Waals surface area contributed by atoms with Gasteiger partial charge in [-0.3, -0.25) is 4.79 Å². The molecule has 0 aliphatic carbocycles. The highest BCUT2D eigenvalue weighted by molar-refractivity contribution is 7.99. The van der Waals surface area contributed by atoms with E-state index in [1.807, 2.05) is 17.5 Å². The Balaban J connectivity index is 2.02. The lowest BCUT2D eigenvalue weighted by molar-refractivity contribution is -0.137. The predicted molar refractivity (Wildman–Crippen MR) is 76.3 cm³/mol. The molecule has 0 radical (unpaired) electrons. The fraction of sp³-hybridized carbons (Fsp3) is 0.250. The minimum absolute atomic E-state index is 0.181. The molecule has 0 amide bonds. The first kappa shape index (κ1) is 13.8. The summed E-state index contributed by atoms with van der Waals surface area (Å²) in [7, 11) is 1.35. The van der Waals surface area contributed by atoms with Gasteiger partial charge in [-0.15, -0.1) is 11.3 Å². The number of carbonyl (C=O) groups is 1. The summed E-state index contributed by atoms with van der Waals surface area (Å²) >= 11 is 2.88. The van der Waals surface area contributed by atoms with E-state index in [1.165, 1.54) is 23.7 Å². The van der Waals surface area contributed by atoms with E-state index in [9.17, 15) is 4.79 Å². The van der Waals surface area contributed by atoms with Crippen molar-refractivity contribution in [1.82, 2.24) is 9.97 Å². The zero-order valence-electron chi connectivity index (χ0n) is 10.3. The molecule has 2 rings (SSSR count). The highest BCUT2D eigenvalue weighted by Gasteiger charge is 2.08. The van der Waals surface area contributed by atoms with Crippen molar-refractivity contribution in [2.75, 3.05) is 18.6 Å². The number of nitrogen functional groups attached to an aromatic ring is 1. The topological polar surface area (TPSA) is 78.1 Å². The summed E-state index contributed by atoms with van der Waals surface area (Å²) in [6, 6.07) is 4.04. The van der Waals surface area contributed by atoms with Gasteiger partial charge in [-0.2, -0.15) is 0 Å². The minimum Gasteiger partial charge on any atom is -0.468 e. The number of carbonyl (C=O) groups excluding carboxylic acids is 1. The summed E-state index contributed by atoms with van der Waals surface area (Å²) in [5.41, 5.74) is 6.79. The maximum absolute atomic E-state index is 11.0. The van der Waals surface area contributed by atoms with Crippen molar-refractivity contribution in [2.24, 2.45) is 0 Å². The Bertz CT molecular complexity index is 558. The van der Waals surface area contributed by atoms with Gasteiger partial charge in [0.2, 0.25) is 0 Å². The molecule has 2 aromatic rings. The molecule has 0 aliphatic heterocycles. The van der Waals surface area contributed by atoms with Gasteiger partial charge in [0.25, 0.3) is 0 Å². The lowest BCUT2D eigenvalue weighted by Crippen LogP contribution is -2.05. The Kier molecular flexibility index (Phi) is 4.75. The highest BCUT2D eigenvalue weighted by atomic mass is 32.2. The number of hydrogen-bond acceptors (Lipinski definition) is 7. The van der Waals surface area contributed by atoms with Crippen LogP contribution in [0.5, 0.6) is 0 Å². The summed E-state index contributed by atoms with van der Waals surface area (Å²) < 4.78 is 4.55. The Morgan fingerprint density at radius 1 is 1.58 bits per heavy atom. The van der Waals surface area contributed by atoms with Crippen molar-refractivity contribution < 1.29 is 9.53 Å². The van der Waals surface area contributed by atoms with Crippen molar-refractivity contribution in [3.63, 3.8) is 0 Å². The van der Waals surface area contributed by atoms with E-state index in [2.05, 4.69) is 14.7 Å². The van der Waals surface area contributed by atoms with Crippen LogP contribution < -0.4 is 5.73 Å². The van der Waals surface area contributed by atoms with Crippen LogP contribution in [0.15, 0.2) is 28.9 Å². The van der Waals surface area contributed by atoms with Gasteiger partial charge in [0, 0.05) is 23.1 Å². The van der Waals surface area contributed by atoms with Gasteiger partial charge in [0.05, 0.1) is 12.9 Å². The van der Waals surface area contributed by atoms with E-state index < -0.39 is 0 Å². The number of hydrogen-bond donors (Lipinski definition) is 1. The van der Waals surface area contributed by atoms with Gasteiger partial charge in [0.15, 0.2) is 5.16 Å². The predicted octanol–water partition coefficient (Wildman–Crippen LogP) is 1.98. The molecule has 0 spiro atoms. The standard InChI is InChI=1S/C12H13N3O2S2/c1-17-10(16)7-19-12-14-6-8(11(13)15-12)5-9-3-2-4-18-9/h2-4,6H,5,7H2,1H3,(H2,13,14,15). The molecule has 0 saturated heterocycles. The van der Waals surface area contributed by atoms with Gasteiger partial charge >= 0.3 is 5.97 Å². The first-order chi connectivity index (χ1) is 9.19. The quantitative estimate of drug-likeness (QED) is 0.516. The van der Waals surface area contributed by atoms with Crippen molar-refractivity contribution in [3.05, 3.63) is 34.2 Å². The van der Waals surface area contributed by atoms with Crippen molar-refractivity contribution in [2.45, 2.75) is 11.6 Å². The summed E-state index contributed by atoms with van der Waals surface area (Å²) in [4.78, 5) is 20.6. The van der Waals surface area contributed by atoms with Crippen LogP contribution in [-0.4, -0.2) is 28.8 Å². The second-order valence-electron chi connectivity index (χ2n) is 3.68. The number of nitrogens with zero attached hydrogens (tertiary/aromatic N) is 2. The maximum atomic E-state index is 11.0. The lowest BCUT2D eigenvalue weighted by atomic mass is 10.2. The number of esters is 1. The number of thiophene rings is 1. The molecule has 2 aromatic heterocycles. The van der Waals surface area contributed by atoms with E-state index in [-0.39, 0.29) is 11.7 Å². The monoisotopic (exact) mass is 295 g/mol. The zero-order valence-corrected chi connectivity index (χ0v) is 12.0. The molecule has 0 fully saturated rings. The number of thioether (sulfide) groups is 1. The molecule has 0 aromatic carbocycles. The average Bonchev–Trinajstić information content (AvgIpc) is 2.91. The average molecular weight is 295 g/mol. The third-order valence-electron chi connectivity index (χ3n) is 2.37. The Morgan fingerprint density at radius 2 is 2.42 bits per heavy atom. The van der Waals surface area contributed by atoms with Crippen LogP contribution in [-0.2, 0) is 16.0 Å². The van der Waals surface area contributed by atoms with E-state index >= 15 is 0 Å². The number of anilines is 1. The molecule has 19 heavy (non-hydrogen) atoms. The lowest BCUT2D eigenvalue weighted by Gasteiger charge is -2.05. The molecule has 0 aliphatic rings. The second kappa shape index (κ2) is 6.53. The molecular weight excluding hydrogens is 282 g/mol. The molecule has 0 bridgehead atoms. The van der Waals surface area contributed by atoms with Crippen LogP contribution in [0.1, 0.15) is 10.4 Å². The van der Waals surface area contributed by atoms with Crippen LogP contribution in [0, 0.1) is 0 Å². The summed E-state index contributed by atoms with van der Waals surface area (Å²) in [6.07, 6.45) is 2.44. The molecule has 2 N–H and O–H groups in total. The van der Waals surface area contributed by atoms with E-state index in [0.29, 0.717) is 11.0 Å². The van der Waals surface area contributed by atoms with E-state index in [1.54, 1.807) is 17.5 Å². The van der Waals surface area contributed by atoms with Crippen LogP contribution in [0.4, 0.5) is 5.82 Å². The second-order valence-corrected chi connectivity index (χ2v) is 5.66. The van der Waals surface area contributed by atoms with Gasteiger partial charge < -0.3 is 10.5 Å².